The number of nitrogens with one attached hydrogen (secondary N) is 1. The van der Waals surface area contributed by atoms with Gasteiger partial charge in [-0.15, -0.1) is 0 Å². The van der Waals surface area contributed by atoms with Gasteiger partial charge in [-0.2, -0.15) is 0 Å². The van der Waals surface area contributed by atoms with Gasteiger partial charge in [-0.25, -0.2) is 12.8 Å². The van der Waals surface area contributed by atoms with Crippen molar-refractivity contribution in [3.05, 3.63) is 88.2 Å². The van der Waals surface area contributed by atoms with Gasteiger partial charge in [-0.3, -0.25) is 19.8 Å². The summed E-state index contributed by atoms with van der Waals surface area (Å²) in [4.78, 5) is 14.3. The maximum atomic E-state index is 12.9. The number of nitro benzene ring substituents is 1. The molecule has 0 fully saturated rings. The second kappa shape index (κ2) is 8.07. The third kappa shape index (κ3) is 4.93. The van der Waals surface area contributed by atoms with E-state index in [1.54, 1.807) is 0 Å². The third-order valence-electron chi connectivity index (χ3n) is 3.82. The van der Waals surface area contributed by atoms with Gasteiger partial charge in [0.1, 0.15) is 11.6 Å². The predicted octanol–water partition coefficient (Wildman–Crippen LogP) is 3.99. The van der Waals surface area contributed by atoms with Crippen LogP contribution >= 0.6 is 0 Å². The molecule has 10 heteroatoms. The van der Waals surface area contributed by atoms with E-state index in [0.29, 0.717) is 5.69 Å². The first kappa shape index (κ1) is 20.0. The first-order valence-corrected chi connectivity index (χ1v) is 9.63. The molecule has 0 aliphatic rings. The molecule has 3 aromatic carbocycles. The van der Waals surface area contributed by atoms with E-state index in [0.717, 1.165) is 12.1 Å². The molecule has 148 valence electrons. The van der Waals surface area contributed by atoms with E-state index >= 15 is 0 Å². The smallest absolute Gasteiger partial charge is 0.270 e. The normalized spacial score (nSPS) is 11.5. The largest absolute Gasteiger partial charge is 0.507 e. The zero-order chi connectivity index (χ0) is 21.0. The van der Waals surface area contributed by atoms with Crippen LogP contribution in [0.3, 0.4) is 0 Å². The lowest BCUT2D eigenvalue weighted by molar-refractivity contribution is -0.384. The quantitative estimate of drug-likeness (QED) is 0.358. The van der Waals surface area contributed by atoms with Crippen LogP contribution in [0.1, 0.15) is 5.56 Å². The van der Waals surface area contributed by atoms with Crippen LogP contribution in [0.15, 0.2) is 76.6 Å². The minimum absolute atomic E-state index is 0.0287. The van der Waals surface area contributed by atoms with Crippen molar-refractivity contribution >= 4 is 33.3 Å². The molecule has 0 aromatic heterocycles. The molecule has 3 rings (SSSR count). The van der Waals surface area contributed by atoms with Crippen LogP contribution in [0, 0.1) is 15.9 Å². The summed E-state index contributed by atoms with van der Waals surface area (Å²) in [5, 5.41) is 20.6. The molecular weight excluding hydrogens is 401 g/mol. The summed E-state index contributed by atoms with van der Waals surface area (Å²) < 4.78 is 40.0. The third-order valence-corrected chi connectivity index (χ3v) is 5.22. The van der Waals surface area contributed by atoms with E-state index < -0.39 is 20.8 Å². The van der Waals surface area contributed by atoms with Crippen LogP contribution in [0.4, 0.5) is 21.5 Å². The molecule has 8 nitrogen and oxygen atoms in total. The van der Waals surface area contributed by atoms with Crippen LogP contribution in [0.25, 0.3) is 0 Å². The molecule has 2 N–H and O–H groups in total. The Balaban J connectivity index is 1.78. The number of nitrogens with zero attached hydrogens (tertiary/aromatic N) is 2. The Morgan fingerprint density at radius 1 is 1.03 bits per heavy atom. The standard InChI is InChI=1S/C19H14FN3O5S/c20-14-1-3-16(4-2-14)22-29(27,28)18-8-5-15(6-9-18)21-12-13-11-17(23(25)26)7-10-19(13)24/h1-12,22,24H. The first-order chi connectivity index (χ1) is 13.7. The number of nitro groups is 1. The molecule has 3 aromatic rings. The van der Waals surface area contributed by atoms with Gasteiger partial charge in [0.2, 0.25) is 0 Å². The SMILES string of the molecule is O=[N+]([O-])c1ccc(O)c(C=Nc2ccc(S(=O)(=O)Nc3ccc(F)cc3)cc2)c1. The lowest BCUT2D eigenvalue weighted by Crippen LogP contribution is -2.12. The van der Waals surface area contributed by atoms with E-state index in [-0.39, 0.29) is 27.6 Å². The van der Waals surface area contributed by atoms with Gasteiger partial charge in [0, 0.05) is 29.6 Å². The highest BCUT2D eigenvalue weighted by molar-refractivity contribution is 7.92. The lowest BCUT2D eigenvalue weighted by atomic mass is 10.2. The molecule has 0 saturated heterocycles. The fraction of sp³-hybridized carbons (Fsp3) is 0. The van der Waals surface area contributed by atoms with E-state index in [4.69, 9.17) is 0 Å². The van der Waals surface area contributed by atoms with E-state index in [1.807, 2.05) is 0 Å². The number of aromatic hydroxyl groups is 1. The summed E-state index contributed by atoms with van der Waals surface area (Å²) >= 11 is 0. The Hall–Kier alpha value is -3.79. The number of non-ortho nitro benzene ring substituents is 1. The lowest BCUT2D eigenvalue weighted by Gasteiger charge is -2.08. The van der Waals surface area contributed by atoms with Gasteiger partial charge in [0.05, 0.1) is 15.5 Å². The fourth-order valence-corrected chi connectivity index (χ4v) is 3.40. The van der Waals surface area contributed by atoms with Gasteiger partial charge >= 0.3 is 0 Å². The summed E-state index contributed by atoms with van der Waals surface area (Å²) in [7, 11) is -3.87. The summed E-state index contributed by atoms with van der Waals surface area (Å²) in [6.07, 6.45) is 1.24. The van der Waals surface area contributed by atoms with Gasteiger partial charge in [0.15, 0.2) is 0 Å². The second-order valence-electron chi connectivity index (χ2n) is 5.86. The zero-order valence-electron chi connectivity index (χ0n) is 14.7. The number of anilines is 1. The Morgan fingerprint density at radius 3 is 2.31 bits per heavy atom. The highest BCUT2D eigenvalue weighted by Gasteiger charge is 2.14. The predicted molar refractivity (Wildman–Crippen MR) is 106 cm³/mol. The Bertz CT molecular complexity index is 1180. The molecule has 0 radical (unpaired) electrons. The number of phenolic OH excluding ortho intramolecular Hbond substituents is 1. The summed E-state index contributed by atoms with van der Waals surface area (Å²) in [6, 6.07) is 13.9. The topological polar surface area (TPSA) is 122 Å². The summed E-state index contributed by atoms with van der Waals surface area (Å²) in [6.45, 7) is 0. The van der Waals surface area contributed by atoms with Crippen LogP contribution in [-0.2, 0) is 10.0 Å². The average Bonchev–Trinajstić information content (AvgIpc) is 2.69. The van der Waals surface area contributed by atoms with Crippen molar-refractivity contribution in [1.82, 2.24) is 0 Å². The maximum absolute atomic E-state index is 12.9. The van der Waals surface area contributed by atoms with Crippen molar-refractivity contribution in [3.63, 3.8) is 0 Å². The molecule has 0 heterocycles. The number of rotatable bonds is 6. The van der Waals surface area contributed by atoms with Crippen LogP contribution in [-0.4, -0.2) is 24.7 Å². The molecule has 0 amide bonds. The number of hydrogen-bond acceptors (Lipinski definition) is 6. The van der Waals surface area contributed by atoms with Crippen molar-refractivity contribution in [3.8, 4) is 5.75 Å². The number of halogens is 1. The van der Waals surface area contributed by atoms with Gasteiger partial charge < -0.3 is 5.11 Å². The van der Waals surface area contributed by atoms with Crippen LogP contribution in [0.5, 0.6) is 5.75 Å². The highest BCUT2D eigenvalue weighted by atomic mass is 32.2. The molecule has 0 unspecified atom stereocenters. The van der Waals surface area contributed by atoms with Crippen LogP contribution in [0.2, 0.25) is 0 Å². The number of hydrogen-bond donors (Lipinski definition) is 2. The van der Waals surface area contributed by atoms with Crippen LogP contribution < -0.4 is 4.72 Å². The molecule has 0 aliphatic carbocycles. The van der Waals surface area contributed by atoms with E-state index in [1.165, 1.54) is 60.8 Å². The fourth-order valence-electron chi connectivity index (χ4n) is 2.35. The van der Waals surface area contributed by atoms with Crippen molar-refractivity contribution < 1.29 is 22.8 Å². The van der Waals surface area contributed by atoms with Gasteiger partial charge in [-0.05, 0) is 54.6 Å². The minimum Gasteiger partial charge on any atom is -0.507 e. The Labute approximate surface area is 165 Å². The number of benzene rings is 3. The van der Waals surface area contributed by atoms with E-state index in [9.17, 15) is 28.0 Å². The molecule has 0 spiro atoms. The van der Waals surface area contributed by atoms with Crippen molar-refractivity contribution in [2.75, 3.05) is 4.72 Å². The van der Waals surface area contributed by atoms with Crippen molar-refractivity contribution in [1.29, 1.82) is 0 Å². The first-order valence-electron chi connectivity index (χ1n) is 8.14. The van der Waals surface area contributed by atoms with Gasteiger partial charge in [-0.1, -0.05) is 0 Å². The number of sulfonamides is 1. The second-order valence-corrected chi connectivity index (χ2v) is 7.55. The molecule has 0 saturated carbocycles. The molecule has 0 atom stereocenters. The highest BCUT2D eigenvalue weighted by Crippen LogP contribution is 2.23. The average molecular weight is 415 g/mol. The molecule has 29 heavy (non-hydrogen) atoms. The van der Waals surface area contributed by atoms with E-state index in [2.05, 4.69) is 9.71 Å². The Kier molecular flexibility index (Phi) is 5.55. The van der Waals surface area contributed by atoms with Crippen molar-refractivity contribution in [2.24, 2.45) is 4.99 Å². The zero-order valence-corrected chi connectivity index (χ0v) is 15.5. The van der Waals surface area contributed by atoms with Gasteiger partial charge in [0.25, 0.3) is 15.7 Å². The number of phenols is 1. The number of aliphatic imine (C=N–C) groups is 1. The molecule has 0 bridgehead atoms. The maximum Gasteiger partial charge on any atom is 0.270 e. The Morgan fingerprint density at radius 2 is 1.69 bits per heavy atom. The molecule has 0 aliphatic heterocycles. The molecular formula is C19H14FN3O5S. The summed E-state index contributed by atoms with van der Waals surface area (Å²) in [5.74, 6) is -0.660. The summed E-state index contributed by atoms with van der Waals surface area (Å²) in [5.41, 5.74) is 0.540. The van der Waals surface area contributed by atoms with Crippen molar-refractivity contribution in [2.45, 2.75) is 4.90 Å². The minimum atomic E-state index is -3.87. The monoisotopic (exact) mass is 415 g/mol.